The Hall–Kier alpha value is -0.680. The van der Waals surface area contributed by atoms with E-state index in [9.17, 15) is 0 Å². The standard InChI is InChI=1S/C17H23BrN2S/c1-3-20(4-2)16(14-8-6-5-7-9-14)12-19-13-17-15(18)10-11-21-17/h5-11,16,19H,3-4,12-13H2,1-2H3. The zero-order valence-corrected chi connectivity index (χ0v) is 15.1. The fourth-order valence-electron chi connectivity index (χ4n) is 2.57. The molecule has 0 aliphatic carbocycles. The number of hydrogen-bond acceptors (Lipinski definition) is 3. The fourth-order valence-corrected chi connectivity index (χ4v) is 4.03. The van der Waals surface area contributed by atoms with E-state index in [4.69, 9.17) is 0 Å². The van der Waals surface area contributed by atoms with Crippen molar-refractivity contribution in [1.82, 2.24) is 10.2 Å². The van der Waals surface area contributed by atoms with E-state index in [1.165, 1.54) is 14.9 Å². The zero-order chi connectivity index (χ0) is 15.1. The van der Waals surface area contributed by atoms with E-state index in [0.29, 0.717) is 6.04 Å². The van der Waals surface area contributed by atoms with E-state index in [1.807, 2.05) is 0 Å². The molecule has 0 fully saturated rings. The van der Waals surface area contributed by atoms with Crippen molar-refractivity contribution in [1.29, 1.82) is 0 Å². The minimum absolute atomic E-state index is 0.430. The van der Waals surface area contributed by atoms with Gasteiger partial charge in [-0.2, -0.15) is 0 Å². The van der Waals surface area contributed by atoms with Crippen LogP contribution in [0.1, 0.15) is 30.3 Å². The first-order valence-corrected chi connectivity index (χ1v) is 9.15. The Balaban J connectivity index is 2.01. The number of rotatable bonds is 8. The number of likely N-dealkylation sites (N-methyl/N-ethyl adjacent to an activating group) is 1. The molecule has 2 rings (SSSR count). The van der Waals surface area contributed by atoms with Crippen LogP contribution in [0.25, 0.3) is 0 Å². The predicted octanol–water partition coefficient (Wildman–Crippen LogP) is 4.68. The molecule has 0 saturated carbocycles. The molecule has 1 heterocycles. The van der Waals surface area contributed by atoms with E-state index in [0.717, 1.165) is 26.2 Å². The fraction of sp³-hybridized carbons (Fsp3) is 0.412. The second-order valence-corrected chi connectivity index (χ2v) is 6.83. The highest BCUT2D eigenvalue weighted by Crippen LogP contribution is 2.23. The highest BCUT2D eigenvalue weighted by atomic mass is 79.9. The van der Waals surface area contributed by atoms with Crippen molar-refractivity contribution in [2.75, 3.05) is 19.6 Å². The van der Waals surface area contributed by atoms with Crippen LogP contribution in [0.3, 0.4) is 0 Å². The van der Waals surface area contributed by atoms with E-state index in [-0.39, 0.29) is 0 Å². The highest BCUT2D eigenvalue weighted by Gasteiger charge is 2.17. The van der Waals surface area contributed by atoms with Crippen LogP contribution in [0, 0.1) is 0 Å². The van der Waals surface area contributed by atoms with Crippen LogP contribution >= 0.6 is 27.3 Å². The number of halogens is 1. The van der Waals surface area contributed by atoms with Crippen molar-refractivity contribution in [3.8, 4) is 0 Å². The third-order valence-electron chi connectivity index (χ3n) is 3.75. The van der Waals surface area contributed by atoms with Crippen LogP contribution in [0.5, 0.6) is 0 Å². The molecule has 1 unspecified atom stereocenters. The normalized spacial score (nSPS) is 12.8. The van der Waals surface area contributed by atoms with Gasteiger partial charge in [-0.15, -0.1) is 11.3 Å². The summed E-state index contributed by atoms with van der Waals surface area (Å²) in [6.45, 7) is 8.49. The van der Waals surface area contributed by atoms with Gasteiger partial charge >= 0.3 is 0 Å². The summed E-state index contributed by atoms with van der Waals surface area (Å²) < 4.78 is 1.21. The molecule has 1 atom stereocenters. The number of thiophene rings is 1. The van der Waals surface area contributed by atoms with E-state index in [2.05, 4.69) is 81.8 Å². The molecule has 21 heavy (non-hydrogen) atoms. The molecule has 4 heteroatoms. The maximum absolute atomic E-state index is 3.62. The summed E-state index contributed by atoms with van der Waals surface area (Å²) in [6.07, 6.45) is 0. The molecule has 0 aliphatic rings. The van der Waals surface area contributed by atoms with Gasteiger partial charge in [-0.25, -0.2) is 0 Å². The first-order chi connectivity index (χ1) is 10.3. The predicted molar refractivity (Wildman–Crippen MR) is 95.8 cm³/mol. The Kier molecular flexibility index (Phi) is 6.90. The van der Waals surface area contributed by atoms with Gasteiger partial charge < -0.3 is 5.32 Å². The van der Waals surface area contributed by atoms with Gasteiger partial charge in [0.15, 0.2) is 0 Å². The highest BCUT2D eigenvalue weighted by molar-refractivity contribution is 9.10. The number of benzene rings is 1. The Morgan fingerprint density at radius 2 is 1.86 bits per heavy atom. The number of nitrogens with zero attached hydrogens (tertiary/aromatic N) is 1. The Labute approximate surface area is 140 Å². The van der Waals surface area contributed by atoms with Gasteiger partial charge in [0.25, 0.3) is 0 Å². The lowest BCUT2D eigenvalue weighted by atomic mass is 10.1. The quantitative estimate of drug-likeness (QED) is 0.729. The molecular formula is C17H23BrN2S. The topological polar surface area (TPSA) is 15.3 Å². The summed E-state index contributed by atoms with van der Waals surface area (Å²) in [4.78, 5) is 3.87. The van der Waals surface area contributed by atoms with Crippen LogP contribution < -0.4 is 5.32 Å². The third-order valence-corrected chi connectivity index (χ3v) is 5.68. The number of nitrogens with one attached hydrogen (secondary N) is 1. The van der Waals surface area contributed by atoms with Gasteiger partial charge in [-0.05, 0) is 46.0 Å². The molecule has 1 aromatic heterocycles. The smallest absolute Gasteiger partial charge is 0.0472 e. The largest absolute Gasteiger partial charge is 0.310 e. The van der Waals surface area contributed by atoms with E-state index < -0.39 is 0 Å². The molecule has 0 saturated heterocycles. The first-order valence-electron chi connectivity index (χ1n) is 7.47. The average molecular weight is 367 g/mol. The Bertz CT molecular complexity index is 523. The maximum Gasteiger partial charge on any atom is 0.0472 e. The molecule has 1 aromatic carbocycles. The molecule has 114 valence electrons. The summed E-state index contributed by atoms with van der Waals surface area (Å²) in [5, 5.41) is 5.74. The van der Waals surface area contributed by atoms with Crippen molar-refractivity contribution < 1.29 is 0 Å². The van der Waals surface area contributed by atoms with Crippen LogP contribution in [0.4, 0.5) is 0 Å². The lowest BCUT2D eigenvalue weighted by molar-refractivity contribution is 0.213. The van der Waals surface area contributed by atoms with Gasteiger partial charge in [0.1, 0.15) is 0 Å². The van der Waals surface area contributed by atoms with Gasteiger partial charge in [0, 0.05) is 28.5 Å². The van der Waals surface area contributed by atoms with Gasteiger partial charge in [0.05, 0.1) is 0 Å². The van der Waals surface area contributed by atoms with Crippen LogP contribution in [0.2, 0.25) is 0 Å². The summed E-state index contributed by atoms with van der Waals surface area (Å²) in [5.41, 5.74) is 1.39. The maximum atomic E-state index is 3.62. The number of hydrogen-bond donors (Lipinski definition) is 1. The molecular weight excluding hydrogens is 344 g/mol. The summed E-state index contributed by atoms with van der Waals surface area (Å²) >= 11 is 5.39. The van der Waals surface area contributed by atoms with Crippen LogP contribution in [-0.4, -0.2) is 24.5 Å². The minimum Gasteiger partial charge on any atom is -0.310 e. The lowest BCUT2D eigenvalue weighted by Crippen LogP contribution is -2.35. The van der Waals surface area contributed by atoms with Crippen LogP contribution in [-0.2, 0) is 6.54 Å². The van der Waals surface area contributed by atoms with Crippen molar-refractivity contribution in [2.24, 2.45) is 0 Å². The second-order valence-electron chi connectivity index (χ2n) is 4.97. The summed E-state index contributed by atoms with van der Waals surface area (Å²) in [7, 11) is 0. The van der Waals surface area contributed by atoms with Gasteiger partial charge in [-0.1, -0.05) is 44.2 Å². The molecule has 2 aromatic rings. The monoisotopic (exact) mass is 366 g/mol. The van der Waals surface area contributed by atoms with E-state index in [1.54, 1.807) is 11.3 Å². The minimum atomic E-state index is 0.430. The molecule has 2 nitrogen and oxygen atoms in total. The zero-order valence-electron chi connectivity index (χ0n) is 12.7. The van der Waals surface area contributed by atoms with Crippen molar-refractivity contribution in [3.63, 3.8) is 0 Å². The average Bonchev–Trinajstić information content (AvgIpc) is 2.93. The summed E-state index contributed by atoms with van der Waals surface area (Å²) in [6, 6.07) is 13.3. The lowest BCUT2D eigenvalue weighted by Gasteiger charge is -2.30. The van der Waals surface area contributed by atoms with Gasteiger partial charge in [0.2, 0.25) is 0 Å². The SMILES string of the molecule is CCN(CC)C(CNCc1sccc1Br)c1ccccc1. The van der Waals surface area contributed by atoms with E-state index >= 15 is 0 Å². The third kappa shape index (κ3) is 4.65. The first kappa shape index (κ1) is 16.7. The van der Waals surface area contributed by atoms with Crippen molar-refractivity contribution in [2.45, 2.75) is 26.4 Å². The Morgan fingerprint density at radius 1 is 1.14 bits per heavy atom. The van der Waals surface area contributed by atoms with Crippen molar-refractivity contribution >= 4 is 27.3 Å². The molecule has 0 spiro atoms. The van der Waals surface area contributed by atoms with Gasteiger partial charge in [-0.3, -0.25) is 4.90 Å². The van der Waals surface area contributed by atoms with Crippen molar-refractivity contribution in [3.05, 3.63) is 56.7 Å². The molecule has 0 radical (unpaired) electrons. The summed E-state index contributed by atoms with van der Waals surface area (Å²) in [5.74, 6) is 0. The molecule has 0 bridgehead atoms. The second kappa shape index (κ2) is 8.69. The molecule has 0 aliphatic heterocycles. The Morgan fingerprint density at radius 3 is 2.43 bits per heavy atom. The molecule has 1 N–H and O–H groups in total. The molecule has 0 amide bonds. The van der Waals surface area contributed by atoms with Crippen LogP contribution in [0.15, 0.2) is 46.3 Å².